The first-order valence-electron chi connectivity index (χ1n) is 6.82. The molecule has 1 aromatic carbocycles. The Morgan fingerprint density at radius 3 is 2.74 bits per heavy atom. The Bertz CT molecular complexity index is 410. The van der Waals surface area contributed by atoms with Crippen LogP contribution in [0, 0.1) is 0 Å². The minimum absolute atomic E-state index is 0.249. The van der Waals surface area contributed by atoms with E-state index in [9.17, 15) is 4.79 Å². The first-order chi connectivity index (χ1) is 9.16. The molecule has 0 aromatic heterocycles. The van der Waals surface area contributed by atoms with Gasteiger partial charge in [-0.05, 0) is 25.0 Å². The molecule has 1 heterocycles. The predicted molar refractivity (Wildman–Crippen MR) is 81.0 cm³/mol. The van der Waals surface area contributed by atoms with Crippen LogP contribution < -0.4 is 4.90 Å². The van der Waals surface area contributed by atoms with Gasteiger partial charge in [-0.15, -0.1) is 0 Å². The lowest BCUT2D eigenvalue weighted by molar-refractivity contribution is -0.137. The molecular formula is C15H21NO2S. The first-order valence-corrected chi connectivity index (χ1v) is 7.87. The van der Waals surface area contributed by atoms with Crippen LogP contribution in [0.5, 0.6) is 0 Å². The third-order valence-corrected chi connectivity index (χ3v) is 4.83. The molecule has 0 spiro atoms. The number of nitrogens with zero attached hydrogens (tertiary/aromatic N) is 1. The summed E-state index contributed by atoms with van der Waals surface area (Å²) < 4.78 is 0. The van der Waals surface area contributed by atoms with Gasteiger partial charge in [-0.25, -0.2) is 0 Å². The van der Waals surface area contributed by atoms with Gasteiger partial charge in [-0.2, -0.15) is 11.8 Å². The molecule has 2 unspecified atom stereocenters. The van der Waals surface area contributed by atoms with Gasteiger partial charge in [0.05, 0.1) is 0 Å². The molecule has 1 saturated heterocycles. The summed E-state index contributed by atoms with van der Waals surface area (Å²) in [6, 6.07) is 10.9. The van der Waals surface area contributed by atoms with E-state index in [-0.39, 0.29) is 6.42 Å². The molecule has 0 aliphatic carbocycles. The molecule has 1 aliphatic rings. The Labute approximate surface area is 119 Å². The monoisotopic (exact) mass is 279 g/mol. The summed E-state index contributed by atoms with van der Waals surface area (Å²) >= 11 is 2.01. The number of benzene rings is 1. The van der Waals surface area contributed by atoms with E-state index in [0.29, 0.717) is 17.7 Å². The number of aliphatic carboxylic acids is 1. The highest BCUT2D eigenvalue weighted by molar-refractivity contribution is 8.00. The van der Waals surface area contributed by atoms with Crippen LogP contribution in [0.25, 0.3) is 0 Å². The smallest absolute Gasteiger partial charge is 0.303 e. The normalized spacial score (nSPS) is 22.4. The number of rotatable bonds is 6. The summed E-state index contributed by atoms with van der Waals surface area (Å²) in [7, 11) is 0. The van der Waals surface area contributed by atoms with Crippen LogP contribution in [0.3, 0.4) is 0 Å². The molecule has 2 atom stereocenters. The molecule has 0 bridgehead atoms. The second-order valence-corrected chi connectivity index (χ2v) is 6.53. The first kappa shape index (κ1) is 14.3. The van der Waals surface area contributed by atoms with Gasteiger partial charge in [-0.3, -0.25) is 4.79 Å². The highest BCUT2D eigenvalue weighted by Crippen LogP contribution is 2.32. The van der Waals surface area contributed by atoms with Crippen molar-refractivity contribution in [1.82, 2.24) is 0 Å². The maximum absolute atomic E-state index is 10.7. The van der Waals surface area contributed by atoms with Crippen molar-refractivity contribution in [3.63, 3.8) is 0 Å². The largest absolute Gasteiger partial charge is 0.481 e. The summed E-state index contributed by atoms with van der Waals surface area (Å²) in [5.41, 5.74) is 1.22. The maximum atomic E-state index is 10.7. The lowest BCUT2D eigenvalue weighted by Gasteiger charge is -2.31. The minimum Gasteiger partial charge on any atom is -0.481 e. The second kappa shape index (κ2) is 6.85. The van der Waals surface area contributed by atoms with Crippen molar-refractivity contribution in [3.05, 3.63) is 30.3 Å². The van der Waals surface area contributed by atoms with Crippen molar-refractivity contribution in [1.29, 1.82) is 0 Å². The van der Waals surface area contributed by atoms with Gasteiger partial charge in [-0.1, -0.05) is 25.1 Å². The van der Waals surface area contributed by atoms with Crippen molar-refractivity contribution >= 4 is 23.4 Å². The van der Waals surface area contributed by atoms with Crippen LogP contribution in [0.4, 0.5) is 5.69 Å². The van der Waals surface area contributed by atoms with E-state index in [1.54, 1.807) is 0 Å². The number of hydrogen-bond donors (Lipinski definition) is 1. The zero-order chi connectivity index (χ0) is 13.7. The van der Waals surface area contributed by atoms with Gasteiger partial charge in [0.2, 0.25) is 0 Å². The van der Waals surface area contributed by atoms with Crippen LogP contribution in [-0.2, 0) is 4.79 Å². The standard InChI is InChI=1S/C15H21NO2S/c1-12-10-14(11-19-12)16(9-5-8-15(17)18)13-6-3-2-4-7-13/h2-4,6-7,12,14H,5,8-11H2,1H3,(H,17,18). The molecule has 3 nitrogen and oxygen atoms in total. The number of hydrogen-bond acceptors (Lipinski definition) is 3. The molecule has 104 valence electrons. The Hall–Kier alpha value is -1.16. The average molecular weight is 279 g/mol. The van der Waals surface area contributed by atoms with Crippen molar-refractivity contribution in [2.24, 2.45) is 0 Å². The highest BCUT2D eigenvalue weighted by atomic mass is 32.2. The number of para-hydroxylation sites is 1. The number of carboxylic acids is 1. The molecule has 2 rings (SSSR count). The summed E-state index contributed by atoms with van der Waals surface area (Å²) in [5, 5.41) is 9.49. The third kappa shape index (κ3) is 4.16. The summed E-state index contributed by atoms with van der Waals surface area (Å²) in [4.78, 5) is 13.1. The third-order valence-electron chi connectivity index (χ3n) is 3.50. The Kier molecular flexibility index (Phi) is 5.14. The van der Waals surface area contributed by atoms with Crippen molar-refractivity contribution < 1.29 is 9.90 Å². The Morgan fingerprint density at radius 1 is 1.42 bits per heavy atom. The number of carboxylic acid groups (broad SMARTS) is 1. The van der Waals surface area contributed by atoms with Crippen LogP contribution >= 0.6 is 11.8 Å². The van der Waals surface area contributed by atoms with E-state index >= 15 is 0 Å². The minimum atomic E-state index is -0.706. The van der Waals surface area contributed by atoms with Crippen molar-refractivity contribution in [2.45, 2.75) is 37.5 Å². The van der Waals surface area contributed by atoms with Gasteiger partial charge in [0.1, 0.15) is 0 Å². The summed E-state index contributed by atoms with van der Waals surface area (Å²) in [5.74, 6) is 0.436. The van der Waals surface area contributed by atoms with Crippen LogP contribution in [0.15, 0.2) is 30.3 Å². The van der Waals surface area contributed by atoms with E-state index in [2.05, 4.69) is 24.0 Å². The quantitative estimate of drug-likeness (QED) is 0.868. The van der Waals surface area contributed by atoms with Gasteiger partial charge in [0.25, 0.3) is 0 Å². The molecule has 1 fully saturated rings. The molecule has 4 heteroatoms. The Morgan fingerprint density at radius 2 is 2.16 bits per heavy atom. The predicted octanol–water partition coefficient (Wildman–Crippen LogP) is 3.25. The zero-order valence-electron chi connectivity index (χ0n) is 11.3. The molecule has 0 amide bonds. The molecule has 19 heavy (non-hydrogen) atoms. The van der Waals surface area contributed by atoms with Crippen LogP contribution in [0.1, 0.15) is 26.2 Å². The van der Waals surface area contributed by atoms with Crippen molar-refractivity contribution in [3.8, 4) is 0 Å². The van der Waals surface area contributed by atoms with E-state index in [4.69, 9.17) is 5.11 Å². The van der Waals surface area contributed by atoms with Crippen molar-refractivity contribution in [2.75, 3.05) is 17.2 Å². The Balaban J connectivity index is 2.03. The zero-order valence-corrected chi connectivity index (χ0v) is 12.1. The van der Waals surface area contributed by atoms with Crippen LogP contribution in [-0.4, -0.2) is 34.7 Å². The topological polar surface area (TPSA) is 40.5 Å². The molecule has 0 radical (unpaired) electrons. The lowest BCUT2D eigenvalue weighted by Crippen LogP contribution is -2.36. The lowest BCUT2D eigenvalue weighted by atomic mass is 10.1. The highest BCUT2D eigenvalue weighted by Gasteiger charge is 2.27. The molecular weight excluding hydrogens is 258 g/mol. The number of thioether (sulfide) groups is 1. The fraction of sp³-hybridized carbons (Fsp3) is 0.533. The molecule has 1 aliphatic heterocycles. The number of carbonyl (C=O) groups is 1. The second-order valence-electron chi connectivity index (χ2n) is 5.06. The van der Waals surface area contributed by atoms with Gasteiger partial charge in [0, 0.05) is 35.7 Å². The summed E-state index contributed by atoms with van der Waals surface area (Å²) in [6.45, 7) is 3.10. The van der Waals surface area contributed by atoms with Gasteiger partial charge >= 0.3 is 5.97 Å². The SMILES string of the molecule is CC1CC(N(CCCC(=O)O)c2ccccc2)CS1. The molecule has 0 saturated carbocycles. The molecule has 1 N–H and O–H groups in total. The van der Waals surface area contributed by atoms with E-state index in [1.807, 2.05) is 30.0 Å². The van der Waals surface area contributed by atoms with E-state index < -0.39 is 5.97 Å². The number of anilines is 1. The van der Waals surface area contributed by atoms with E-state index in [0.717, 1.165) is 12.3 Å². The van der Waals surface area contributed by atoms with Gasteiger partial charge in [0.15, 0.2) is 0 Å². The molecule has 1 aromatic rings. The fourth-order valence-electron chi connectivity index (χ4n) is 2.55. The fourth-order valence-corrected chi connectivity index (χ4v) is 3.78. The average Bonchev–Trinajstić information content (AvgIpc) is 2.82. The van der Waals surface area contributed by atoms with Crippen LogP contribution in [0.2, 0.25) is 0 Å². The van der Waals surface area contributed by atoms with E-state index in [1.165, 1.54) is 12.1 Å². The maximum Gasteiger partial charge on any atom is 0.303 e. The van der Waals surface area contributed by atoms with Gasteiger partial charge < -0.3 is 10.0 Å². The summed E-state index contributed by atoms with van der Waals surface area (Å²) in [6.07, 6.45) is 2.14.